The van der Waals surface area contributed by atoms with E-state index in [4.69, 9.17) is 0 Å². The molecule has 1 aromatic rings. The largest absolute Gasteiger partial charge is 0.433 e. The molecule has 2 N–H and O–H groups in total. The zero-order valence-electron chi connectivity index (χ0n) is 9.22. The van der Waals surface area contributed by atoms with Crippen molar-refractivity contribution in [2.45, 2.75) is 13.8 Å². The summed E-state index contributed by atoms with van der Waals surface area (Å²) in [6.45, 7) is 3.30. The summed E-state index contributed by atoms with van der Waals surface area (Å²) >= 11 is 0. The summed E-state index contributed by atoms with van der Waals surface area (Å²) in [5, 5.41) is 10.3. The highest BCUT2D eigenvalue weighted by molar-refractivity contribution is 5.93. The Morgan fingerprint density at radius 1 is 1.35 bits per heavy atom. The zero-order valence-corrected chi connectivity index (χ0v) is 9.22. The number of hydrogen-bond donors (Lipinski definition) is 2. The quantitative estimate of drug-likeness (QED) is 0.594. The van der Waals surface area contributed by atoms with E-state index < -0.39 is 16.7 Å². The number of rotatable bonds is 3. The van der Waals surface area contributed by atoms with E-state index in [2.05, 4.69) is 15.3 Å². The van der Waals surface area contributed by atoms with Gasteiger partial charge in [-0.25, -0.2) is 0 Å². The van der Waals surface area contributed by atoms with E-state index in [1.165, 1.54) is 0 Å². The van der Waals surface area contributed by atoms with Crippen molar-refractivity contribution in [2.24, 2.45) is 5.92 Å². The van der Waals surface area contributed by atoms with E-state index in [-0.39, 0.29) is 17.6 Å². The molecule has 1 heterocycles. The first-order valence-corrected chi connectivity index (χ1v) is 4.76. The molecule has 0 aromatic carbocycles. The van der Waals surface area contributed by atoms with E-state index in [1.807, 2.05) is 0 Å². The summed E-state index contributed by atoms with van der Waals surface area (Å²) in [6, 6.07) is 2.20. The summed E-state index contributed by atoms with van der Waals surface area (Å²) in [6.07, 6.45) is 0. The zero-order chi connectivity index (χ0) is 13.0. The molecule has 0 unspecified atom stereocenters. The molecular weight excluding hydrogens is 230 g/mol. The molecule has 2 amide bonds. The smallest absolute Gasteiger partial charge is 0.395 e. The van der Waals surface area contributed by atoms with Gasteiger partial charge in [0.15, 0.2) is 0 Å². The maximum Gasteiger partial charge on any atom is 0.433 e. The lowest BCUT2D eigenvalue weighted by molar-refractivity contribution is -0.402. The summed E-state index contributed by atoms with van der Waals surface area (Å²) in [5.41, 5.74) is 4.23. The van der Waals surface area contributed by atoms with Crippen LogP contribution in [-0.4, -0.2) is 16.7 Å². The number of carbonyl (C=O) groups is 2. The minimum absolute atomic E-state index is 0.249. The molecule has 0 aliphatic carbocycles. The number of nitro groups is 1. The lowest BCUT2D eigenvalue weighted by Gasteiger charge is -2.07. The maximum absolute atomic E-state index is 11.4. The third-order valence-corrected chi connectivity index (χ3v) is 1.82. The van der Waals surface area contributed by atoms with Crippen LogP contribution in [0.3, 0.4) is 0 Å². The van der Waals surface area contributed by atoms with Gasteiger partial charge in [-0.1, -0.05) is 13.8 Å². The van der Waals surface area contributed by atoms with Crippen LogP contribution in [0.25, 0.3) is 0 Å². The van der Waals surface area contributed by atoms with Crippen molar-refractivity contribution in [3.05, 3.63) is 28.0 Å². The molecule has 0 spiro atoms. The Hall–Kier alpha value is -2.38. The number of nitrogens with zero attached hydrogens (tertiary/aromatic N) is 1. The molecule has 8 heteroatoms. The molecule has 0 saturated carbocycles. The second-order valence-electron chi connectivity index (χ2n) is 3.49. The lowest BCUT2D eigenvalue weighted by atomic mass is 10.2. The average molecular weight is 241 g/mol. The third-order valence-electron chi connectivity index (χ3n) is 1.82. The van der Waals surface area contributed by atoms with Gasteiger partial charge in [0.1, 0.15) is 4.92 Å². The molecule has 0 radical (unpaired) electrons. The Bertz CT molecular complexity index is 451. The molecule has 8 nitrogen and oxygen atoms in total. The van der Waals surface area contributed by atoms with Crippen molar-refractivity contribution in [1.82, 2.24) is 10.9 Å². The van der Waals surface area contributed by atoms with Gasteiger partial charge in [0.25, 0.3) is 0 Å². The minimum Gasteiger partial charge on any atom is -0.395 e. The number of hydrazine groups is 1. The molecule has 92 valence electrons. The van der Waals surface area contributed by atoms with Crippen LogP contribution in [0.1, 0.15) is 24.4 Å². The normalized spacial score (nSPS) is 10.1. The number of hydrogen-bond acceptors (Lipinski definition) is 5. The molecule has 1 rings (SSSR count). The highest BCUT2D eigenvalue weighted by Crippen LogP contribution is 2.14. The predicted molar refractivity (Wildman–Crippen MR) is 55.8 cm³/mol. The number of nitrogens with one attached hydrogen (secondary N) is 2. The molecular formula is C9H11N3O5. The number of furan rings is 1. The van der Waals surface area contributed by atoms with Crippen molar-refractivity contribution in [2.75, 3.05) is 0 Å². The van der Waals surface area contributed by atoms with Gasteiger partial charge in [0, 0.05) is 5.92 Å². The van der Waals surface area contributed by atoms with Crippen LogP contribution in [0.5, 0.6) is 0 Å². The lowest BCUT2D eigenvalue weighted by Crippen LogP contribution is -2.43. The second kappa shape index (κ2) is 5.10. The molecule has 17 heavy (non-hydrogen) atoms. The Labute approximate surface area is 96.1 Å². The SMILES string of the molecule is CC(C)C(=O)NNC(=O)c1ccc([N+](=O)[O-])o1. The monoisotopic (exact) mass is 241 g/mol. The van der Waals surface area contributed by atoms with E-state index >= 15 is 0 Å². The van der Waals surface area contributed by atoms with Crippen LogP contribution in [0.15, 0.2) is 16.5 Å². The van der Waals surface area contributed by atoms with Gasteiger partial charge in [-0.3, -0.25) is 30.6 Å². The van der Waals surface area contributed by atoms with Crippen LogP contribution in [-0.2, 0) is 4.79 Å². The van der Waals surface area contributed by atoms with Gasteiger partial charge in [-0.2, -0.15) is 0 Å². The fourth-order valence-corrected chi connectivity index (χ4v) is 0.872. The average Bonchev–Trinajstić information content (AvgIpc) is 2.74. The Morgan fingerprint density at radius 3 is 2.47 bits per heavy atom. The highest BCUT2D eigenvalue weighted by Gasteiger charge is 2.17. The van der Waals surface area contributed by atoms with Gasteiger partial charge in [0.2, 0.25) is 11.7 Å². The van der Waals surface area contributed by atoms with Crippen LogP contribution < -0.4 is 10.9 Å². The van der Waals surface area contributed by atoms with E-state index in [9.17, 15) is 19.7 Å². The molecule has 0 aliphatic rings. The van der Waals surface area contributed by atoms with Gasteiger partial charge >= 0.3 is 11.8 Å². The fourth-order valence-electron chi connectivity index (χ4n) is 0.872. The first-order valence-electron chi connectivity index (χ1n) is 4.76. The summed E-state index contributed by atoms with van der Waals surface area (Å²) in [7, 11) is 0. The number of amides is 2. The molecule has 0 aliphatic heterocycles. The topological polar surface area (TPSA) is 114 Å². The standard InChI is InChI=1S/C9H11N3O5/c1-5(2)8(13)10-11-9(14)6-3-4-7(17-6)12(15)16/h3-5H,1-2H3,(H,10,13)(H,11,14). The van der Waals surface area contributed by atoms with Crippen molar-refractivity contribution in [3.8, 4) is 0 Å². The third kappa shape index (κ3) is 3.30. The second-order valence-corrected chi connectivity index (χ2v) is 3.49. The van der Waals surface area contributed by atoms with Crippen molar-refractivity contribution >= 4 is 17.7 Å². The Kier molecular flexibility index (Phi) is 3.81. The maximum atomic E-state index is 11.4. The molecule has 1 aromatic heterocycles. The van der Waals surface area contributed by atoms with E-state index in [0.717, 1.165) is 12.1 Å². The highest BCUT2D eigenvalue weighted by atomic mass is 16.6. The van der Waals surface area contributed by atoms with Crippen LogP contribution in [0.2, 0.25) is 0 Å². The van der Waals surface area contributed by atoms with E-state index in [1.54, 1.807) is 13.8 Å². The van der Waals surface area contributed by atoms with Crippen LogP contribution in [0, 0.1) is 16.0 Å². The summed E-state index contributed by atoms with van der Waals surface area (Å²) in [4.78, 5) is 32.0. The van der Waals surface area contributed by atoms with Gasteiger partial charge in [0.05, 0.1) is 6.07 Å². The van der Waals surface area contributed by atoms with Gasteiger partial charge in [-0.15, -0.1) is 0 Å². The minimum atomic E-state index is -0.760. The number of carbonyl (C=O) groups excluding carboxylic acids is 2. The summed E-state index contributed by atoms with van der Waals surface area (Å²) in [5.74, 6) is -2.21. The van der Waals surface area contributed by atoms with Gasteiger partial charge < -0.3 is 4.42 Å². The molecule has 0 bridgehead atoms. The van der Waals surface area contributed by atoms with Gasteiger partial charge in [-0.05, 0) is 6.07 Å². The molecule has 0 saturated heterocycles. The Morgan fingerprint density at radius 2 is 2.00 bits per heavy atom. The fraction of sp³-hybridized carbons (Fsp3) is 0.333. The van der Waals surface area contributed by atoms with Crippen molar-refractivity contribution < 1.29 is 18.9 Å². The molecule has 0 fully saturated rings. The molecule has 0 atom stereocenters. The van der Waals surface area contributed by atoms with Crippen molar-refractivity contribution in [3.63, 3.8) is 0 Å². The summed E-state index contributed by atoms with van der Waals surface area (Å²) < 4.78 is 4.64. The predicted octanol–water partition coefficient (Wildman–Crippen LogP) is 0.605. The first-order chi connectivity index (χ1) is 7.91. The Balaban J connectivity index is 2.58. The van der Waals surface area contributed by atoms with Crippen molar-refractivity contribution in [1.29, 1.82) is 0 Å². The van der Waals surface area contributed by atoms with Crippen LogP contribution in [0.4, 0.5) is 5.88 Å². The van der Waals surface area contributed by atoms with E-state index in [0.29, 0.717) is 0 Å². The first kappa shape index (κ1) is 12.7. The van der Waals surface area contributed by atoms with Crippen LogP contribution >= 0.6 is 0 Å².